The minimum Gasteiger partial charge on any atom is -0.497 e. The average Bonchev–Trinajstić information content (AvgIpc) is 2.82. The number of hydrogen-bond donors (Lipinski definition) is 3. The molecule has 3 rings (SSSR count). The van der Waals surface area contributed by atoms with Crippen LogP contribution in [0.4, 0.5) is 5.69 Å². The van der Waals surface area contributed by atoms with Crippen molar-refractivity contribution >= 4 is 23.4 Å². The van der Waals surface area contributed by atoms with Crippen molar-refractivity contribution in [1.82, 2.24) is 10.2 Å². The van der Waals surface area contributed by atoms with Gasteiger partial charge in [-0.3, -0.25) is 19.3 Å². The molecular weight excluding hydrogens is 432 g/mol. The van der Waals surface area contributed by atoms with Gasteiger partial charge in [0.15, 0.2) is 0 Å². The van der Waals surface area contributed by atoms with Gasteiger partial charge in [-0.15, -0.1) is 0 Å². The second-order valence-corrected chi connectivity index (χ2v) is 9.07. The quantitative estimate of drug-likeness (QED) is 0.526. The van der Waals surface area contributed by atoms with Crippen molar-refractivity contribution in [3.8, 4) is 5.75 Å². The minimum atomic E-state index is -0.689. The van der Waals surface area contributed by atoms with Crippen molar-refractivity contribution in [1.29, 1.82) is 0 Å². The summed E-state index contributed by atoms with van der Waals surface area (Å²) in [4.78, 5) is 39.4. The second-order valence-electron chi connectivity index (χ2n) is 9.07. The van der Waals surface area contributed by atoms with Crippen LogP contribution in [0.1, 0.15) is 42.6 Å². The number of rotatable bonds is 9. The number of anilines is 1. The first-order chi connectivity index (χ1) is 16.3. The zero-order chi connectivity index (χ0) is 24.7. The smallest absolute Gasteiger partial charge is 0.251 e. The predicted octanol–water partition coefficient (Wildman–Crippen LogP) is 2.79. The highest BCUT2D eigenvalue weighted by Crippen LogP contribution is 2.20. The van der Waals surface area contributed by atoms with Gasteiger partial charge in [-0.2, -0.15) is 0 Å². The Labute approximate surface area is 200 Å². The topological polar surface area (TPSA) is 114 Å². The van der Waals surface area contributed by atoms with Gasteiger partial charge >= 0.3 is 0 Å². The zero-order valence-corrected chi connectivity index (χ0v) is 20.0. The lowest BCUT2D eigenvalue weighted by atomic mass is 9.96. The molecule has 0 aliphatic carbocycles. The molecule has 1 fully saturated rings. The normalized spacial score (nSPS) is 15.5. The number of carbonyl (C=O) groups excluding carboxylic acids is 3. The van der Waals surface area contributed by atoms with Crippen molar-refractivity contribution in [3.63, 3.8) is 0 Å². The summed E-state index contributed by atoms with van der Waals surface area (Å²) in [5, 5.41) is 5.79. The molecule has 2 aromatic carbocycles. The van der Waals surface area contributed by atoms with Crippen molar-refractivity contribution in [3.05, 3.63) is 59.7 Å². The number of benzene rings is 2. The Kier molecular flexibility index (Phi) is 8.65. The molecule has 0 saturated carbocycles. The molecule has 2 aromatic rings. The summed E-state index contributed by atoms with van der Waals surface area (Å²) < 4.78 is 5.13. The number of likely N-dealkylation sites (tertiary alicyclic amines) is 1. The van der Waals surface area contributed by atoms with Crippen LogP contribution in [-0.2, 0) is 16.1 Å². The second kappa shape index (κ2) is 11.7. The number of carbonyl (C=O) groups is 3. The molecule has 1 aliphatic heterocycles. The minimum absolute atomic E-state index is 0.0389. The van der Waals surface area contributed by atoms with E-state index in [1.165, 1.54) is 0 Å². The lowest BCUT2D eigenvalue weighted by Gasteiger charge is -2.30. The summed E-state index contributed by atoms with van der Waals surface area (Å²) in [6.07, 6.45) is 1.55. The zero-order valence-electron chi connectivity index (χ0n) is 20.0. The van der Waals surface area contributed by atoms with Crippen LogP contribution in [0.2, 0.25) is 0 Å². The summed E-state index contributed by atoms with van der Waals surface area (Å²) in [7, 11) is 1.56. The highest BCUT2D eigenvalue weighted by Gasteiger charge is 2.25. The van der Waals surface area contributed by atoms with E-state index in [0.29, 0.717) is 17.0 Å². The monoisotopic (exact) mass is 466 g/mol. The van der Waals surface area contributed by atoms with E-state index in [1.54, 1.807) is 31.4 Å². The fraction of sp³-hybridized carbons (Fsp3) is 0.423. The molecule has 8 nitrogen and oxygen atoms in total. The van der Waals surface area contributed by atoms with Gasteiger partial charge in [0.2, 0.25) is 11.8 Å². The van der Waals surface area contributed by atoms with Crippen LogP contribution in [0.5, 0.6) is 5.75 Å². The number of nitrogens with one attached hydrogen (secondary N) is 2. The predicted molar refractivity (Wildman–Crippen MR) is 131 cm³/mol. The molecule has 3 amide bonds. The van der Waals surface area contributed by atoms with E-state index in [1.807, 2.05) is 38.1 Å². The molecule has 0 spiro atoms. The first kappa shape index (κ1) is 25.2. The highest BCUT2D eigenvalue weighted by molar-refractivity contribution is 6.01. The number of hydrogen-bond acceptors (Lipinski definition) is 5. The van der Waals surface area contributed by atoms with Gasteiger partial charge in [-0.25, -0.2) is 0 Å². The maximum absolute atomic E-state index is 13.0. The summed E-state index contributed by atoms with van der Waals surface area (Å²) in [6, 6.07) is 13.8. The molecule has 1 aliphatic rings. The molecule has 8 heteroatoms. The van der Waals surface area contributed by atoms with Crippen LogP contribution in [0.25, 0.3) is 0 Å². The van der Waals surface area contributed by atoms with Gasteiger partial charge < -0.3 is 21.1 Å². The van der Waals surface area contributed by atoms with Crippen LogP contribution in [0.3, 0.4) is 0 Å². The standard InChI is InChI=1S/C26H34N4O4/c1-17(2)23(29-25(32)20-7-9-22(34-3)10-8-20)26(33)28-21-6-4-5-18(15-21)16-30-13-11-19(12-14-30)24(27)31/h4-10,15,17,19,23H,11-14,16H2,1-3H3,(H2,27,31)(H,28,33)(H,29,32). The van der Waals surface area contributed by atoms with E-state index in [0.717, 1.165) is 38.0 Å². The Balaban J connectivity index is 1.60. The van der Waals surface area contributed by atoms with E-state index in [4.69, 9.17) is 10.5 Å². The van der Waals surface area contributed by atoms with E-state index in [-0.39, 0.29) is 29.6 Å². The Hall–Kier alpha value is -3.39. The van der Waals surface area contributed by atoms with Crippen molar-refractivity contribution in [2.45, 2.75) is 39.3 Å². The van der Waals surface area contributed by atoms with Crippen LogP contribution in [0, 0.1) is 11.8 Å². The summed E-state index contributed by atoms with van der Waals surface area (Å²) in [5.41, 5.74) is 7.63. The molecular formula is C26H34N4O4. The first-order valence-corrected chi connectivity index (χ1v) is 11.6. The molecule has 1 heterocycles. The average molecular weight is 467 g/mol. The van der Waals surface area contributed by atoms with Crippen molar-refractivity contribution in [2.75, 3.05) is 25.5 Å². The number of primary amides is 1. The van der Waals surface area contributed by atoms with E-state index >= 15 is 0 Å². The van der Waals surface area contributed by atoms with Crippen LogP contribution in [-0.4, -0.2) is 48.9 Å². The van der Waals surface area contributed by atoms with Crippen LogP contribution in [0.15, 0.2) is 48.5 Å². The molecule has 4 N–H and O–H groups in total. The lowest BCUT2D eigenvalue weighted by molar-refractivity contribution is -0.123. The molecule has 182 valence electrons. The molecule has 0 bridgehead atoms. The van der Waals surface area contributed by atoms with Gasteiger partial charge in [0.05, 0.1) is 7.11 Å². The fourth-order valence-corrected chi connectivity index (χ4v) is 4.10. The molecule has 1 unspecified atom stereocenters. The number of ether oxygens (including phenoxy) is 1. The Morgan fingerprint density at radius 1 is 1.09 bits per heavy atom. The number of nitrogens with two attached hydrogens (primary N) is 1. The molecule has 1 saturated heterocycles. The fourth-order valence-electron chi connectivity index (χ4n) is 4.10. The third kappa shape index (κ3) is 6.81. The highest BCUT2D eigenvalue weighted by atomic mass is 16.5. The summed E-state index contributed by atoms with van der Waals surface area (Å²) in [6.45, 7) is 6.15. The van der Waals surface area contributed by atoms with Gasteiger partial charge in [-0.1, -0.05) is 26.0 Å². The number of piperidine rings is 1. The Bertz CT molecular complexity index is 998. The van der Waals surface area contributed by atoms with Gasteiger partial charge in [0.25, 0.3) is 5.91 Å². The Morgan fingerprint density at radius 2 is 1.76 bits per heavy atom. The van der Waals surface area contributed by atoms with Crippen LogP contribution >= 0.6 is 0 Å². The Morgan fingerprint density at radius 3 is 2.35 bits per heavy atom. The van der Waals surface area contributed by atoms with Crippen LogP contribution < -0.4 is 21.1 Å². The number of nitrogens with zero attached hydrogens (tertiary/aromatic N) is 1. The van der Waals surface area contributed by atoms with Gasteiger partial charge in [0, 0.05) is 23.7 Å². The maximum atomic E-state index is 13.0. The SMILES string of the molecule is COc1ccc(C(=O)NC(C(=O)Nc2cccc(CN3CCC(C(N)=O)CC3)c2)C(C)C)cc1. The lowest BCUT2D eigenvalue weighted by Crippen LogP contribution is -2.47. The maximum Gasteiger partial charge on any atom is 0.251 e. The molecule has 0 radical (unpaired) electrons. The summed E-state index contributed by atoms with van der Waals surface area (Å²) in [5.74, 6) is -0.282. The number of amides is 3. The largest absolute Gasteiger partial charge is 0.497 e. The van der Waals surface area contributed by atoms with Gasteiger partial charge in [0.1, 0.15) is 11.8 Å². The summed E-state index contributed by atoms with van der Waals surface area (Å²) >= 11 is 0. The van der Waals surface area contributed by atoms with Crippen molar-refractivity contribution in [2.24, 2.45) is 17.6 Å². The third-order valence-corrected chi connectivity index (χ3v) is 6.18. The van der Waals surface area contributed by atoms with E-state index in [2.05, 4.69) is 15.5 Å². The molecule has 0 aromatic heterocycles. The van der Waals surface area contributed by atoms with Gasteiger partial charge in [-0.05, 0) is 73.8 Å². The third-order valence-electron chi connectivity index (χ3n) is 6.18. The van der Waals surface area contributed by atoms with Crippen molar-refractivity contribution < 1.29 is 19.1 Å². The number of methoxy groups -OCH3 is 1. The van der Waals surface area contributed by atoms with E-state index in [9.17, 15) is 14.4 Å². The molecule has 1 atom stereocenters. The molecule has 34 heavy (non-hydrogen) atoms. The first-order valence-electron chi connectivity index (χ1n) is 11.6. The van der Waals surface area contributed by atoms with E-state index < -0.39 is 6.04 Å².